The lowest BCUT2D eigenvalue weighted by Gasteiger charge is -2.27. The van der Waals surface area contributed by atoms with Crippen molar-refractivity contribution in [1.29, 1.82) is 0 Å². The maximum Gasteiger partial charge on any atom is 0.200 e. The van der Waals surface area contributed by atoms with E-state index in [0.29, 0.717) is 30.4 Å². The molecule has 1 fully saturated rings. The lowest BCUT2D eigenvalue weighted by molar-refractivity contribution is 0.313. The summed E-state index contributed by atoms with van der Waals surface area (Å²) in [5, 5.41) is 0. The number of benzene rings is 2. The van der Waals surface area contributed by atoms with Crippen LogP contribution in [0.3, 0.4) is 0 Å². The lowest BCUT2D eigenvalue weighted by Crippen LogP contribution is -2.11. The topological polar surface area (TPSA) is 9.23 Å². The van der Waals surface area contributed by atoms with Crippen molar-refractivity contribution in [2.75, 3.05) is 6.61 Å². The van der Waals surface area contributed by atoms with Gasteiger partial charge in [-0.15, -0.1) is 0 Å². The Hall–Kier alpha value is -2.16. The predicted octanol–water partition coefficient (Wildman–Crippen LogP) is 8.17. The van der Waals surface area contributed by atoms with E-state index in [1.165, 1.54) is 62.1 Å². The van der Waals surface area contributed by atoms with E-state index in [4.69, 9.17) is 4.74 Å². The summed E-state index contributed by atoms with van der Waals surface area (Å²) < 4.78 is 33.3. The standard InChI is InChI=1S/C28H36F2O/c1-3-5-8-21-11-15-23(16-12-21)24-17-13-22(14-18-24)9-6-7-10-25-19-20-26(31-4-2)28(30)27(25)29/h6,9,11-12,15-16,19-20,22,24H,3-5,7-8,10,13-14,17-18H2,1-2H3. The Balaban J connectivity index is 1.43. The first kappa shape index (κ1) is 23.5. The number of aryl methyl sites for hydroxylation is 2. The van der Waals surface area contributed by atoms with Gasteiger partial charge in [0.2, 0.25) is 5.82 Å². The highest BCUT2D eigenvalue weighted by Gasteiger charge is 2.20. The molecule has 3 rings (SSSR count). The van der Waals surface area contributed by atoms with Crippen molar-refractivity contribution in [2.45, 2.75) is 77.6 Å². The van der Waals surface area contributed by atoms with Crippen LogP contribution in [-0.2, 0) is 12.8 Å². The van der Waals surface area contributed by atoms with Gasteiger partial charge in [-0.25, -0.2) is 4.39 Å². The predicted molar refractivity (Wildman–Crippen MR) is 125 cm³/mol. The van der Waals surface area contributed by atoms with Crippen LogP contribution < -0.4 is 4.74 Å². The average molecular weight is 427 g/mol. The van der Waals surface area contributed by atoms with Gasteiger partial charge in [-0.2, -0.15) is 4.39 Å². The maximum absolute atomic E-state index is 14.2. The van der Waals surface area contributed by atoms with Gasteiger partial charge in [0, 0.05) is 0 Å². The summed E-state index contributed by atoms with van der Waals surface area (Å²) >= 11 is 0. The van der Waals surface area contributed by atoms with E-state index in [2.05, 4.69) is 43.3 Å². The molecule has 0 heterocycles. The van der Waals surface area contributed by atoms with Gasteiger partial charge in [0.25, 0.3) is 0 Å². The minimum absolute atomic E-state index is 0.00773. The fourth-order valence-electron chi connectivity index (χ4n) is 4.54. The molecule has 0 aliphatic heterocycles. The molecule has 0 amide bonds. The van der Waals surface area contributed by atoms with Gasteiger partial charge in [-0.3, -0.25) is 0 Å². The summed E-state index contributed by atoms with van der Waals surface area (Å²) in [7, 11) is 0. The molecule has 2 aromatic carbocycles. The van der Waals surface area contributed by atoms with Crippen molar-refractivity contribution in [2.24, 2.45) is 5.92 Å². The van der Waals surface area contributed by atoms with Gasteiger partial charge < -0.3 is 4.74 Å². The molecule has 0 unspecified atom stereocenters. The van der Waals surface area contributed by atoms with E-state index >= 15 is 0 Å². The Morgan fingerprint density at radius 2 is 1.65 bits per heavy atom. The molecule has 0 saturated heterocycles. The Morgan fingerprint density at radius 1 is 0.903 bits per heavy atom. The molecule has 1 saturated carbocycles. The van der Waals surface area contributed by atoms with E-state index in [-0.39, 0.29) is 5.75 Å². The largest absolute Gasteiger partial charge is 0.491 e. The van der Waals surface area contributed by atoms with Gasteiger partial charge in [0.15, 0.2) is 11.6 Å². The summed E-state index contributed by atoms with van der Waals surface area (Å²) in [6.07, 6.45) is 14.2. The normalized spacial score (nSPS) is 19.1. The molecule has 0 N–H and O–H groups in total. The Bertz CT molecular complexity index is 833. The minimum Gasteiger partial charge on any atom is -0.491 e. The minimum atomic E-state index is -0.875. The second kappa shape index (κ2) is 12.0. The van der Waals surface area contributed by atoms with E-state index < -0.39 is 11.6 Å². The summed E-state index contributed by atoms with van der Waals surface area (Å²) in [4.78, 5) is 0. The average Bonchev–Trinajstić information content (AvgIpc) is 2.80. The molecule has 1 aliphatic carbocycles. The number of ether oxygens (including phenoxy) is 1. The molecule has 168 valence electrons. The van der Waals surface area contributed by atoms with Gasteiger partial charge >= 0.3 is 0 Å². The highest BCUT2D eigenvalue weighted by Crippen LogP contribution is 2.36. The molecule has 0 aromatic heterocycles. The zero-order chi connectivity index (χ0) is 22.1. The highest BCUT2D eigenvalue weighted by molar-refractivity contribution is 5.31. The van der Waals surface area contributed by atoms with Crippen LogP contribution in [0.2, 0.25) is 0 Å². The van der Waals surface area contributed by atoms with E-state index in [1.54, 1.807) is 13.0 Å². The Morgan fingerprint density at radius 3 is 2.32 bits per heavy atom. The van der Waals surface area contributed by atoms with E-state index in [0.717, 1.165) is 6.42 Å². The molecular formula is C28H36F2O. The van der Waals surface area contributed by atoms with Gasteiger partial charge in [0.05, 0.1) is 6.61 Å². The van der Waals surface area contributed by atoms with Crippen molar-refractivity contribution in [1.82, 2.24) is 0 Å². The fourth-order valence-corrected chi connectivity index (χ4v) is 4.54. The Kier molecular flexibility index (Phi) is 9.12. The zero-order valence-corrected chi connectivity index (χ0v) is 19.0. The summed E-state index contributed by atoms with van der Waals surface area (Å²) in [5.41, 5.74) is 3.35. The van der Waals surface area contributed by atoms with Crippen LogP contribution in [0.15, 0.2) is 48.6 Å². The number of unbranched alkanes of at least 4 members (excludes halogenated alkanes) is 1. The van der Waals surface area contributed by atoms with Crippen LogP contribution in [0, 0.1) is 17.6 Å². The summed E-state index contributed by atoms with van der Waals surface area (Å²) in [6, 6.07) is 12.4. The van der Waals surface area contributed by atoms with Crippen LogP contribution in [0.25, 0.3) is 0 Å². The van der Waals surface area contributed by atoms with Crippen molar-refractivity contribution in [3.8, 4) is 5.75 Å². The Labute approximate surface area is 186 Å². The van der Waals surface area contributed by atoms with E-state index in [1.807, 2.05) is 0 Å². The monoisotopic (exact) mass is 426 g/mol. The molecular weight excluding hydrogens is 390 g/mol. The van der Waals surface area contributed by atoms with Crippen molar-refractivity contribution >= 4 is 0 Å². The third-order valence-electron chi connectivity index (χ3n) is 6.46. The maximum atomic E-state index is 14.2. The zero-order valence-electron chi connectivity index (χ0n) is 19.0. The van der Waals surface area contributed by atoms with Gasteiger partial charge in [-0.05, 0) is 92.9 Å². The number of halogens is 2. The first-order valence-corrected chi connectivity index (χ1v) is 12.0. The fraction of sp³-hybridized carbons (Fsp3) is 0.500. The molecule has 0 bridgehead atoms. The molecule has 1 aliphatic rings. The first-order chi connectivity index (χ1) is 15.1. The number of rotatable bonds is 10. The molecule has 1 nitrogen and oxygen atoms in total. The smallest absolute Gasteiger partial charge is 0.200 e. The number of hydrogen-bond donors (Lipinski definition) is 0. The summed E-state index contributed by atoms with van der Waals surface area (Å²) in [6.45, 7) is 4.32. The SMILES string of the molecule is CCCCc1ccc(C2CCC(C=CCCc3ccc(OCC)c(F)c3F)CC2)cc1. The van der Waals surface area contributed by atoms with Crippen molar-refractivity contribution < 1.29 is 13.5 Å². The third kappa shape index (κ3) is 6.66. The van der Waals surface area contributed by atoms with Crippen LogP contribution in [0.4, 0.5) is 8.78 Å². The first-order valence-electron chi connectivity index (χ1n) is 12.0. The van der Waals surface area contributed by atoms with E-state index in [9.17, 15) is 8.78 Å². The van der Waals surface area contributed by atoms with Crippen LogP contribution in [0.5, 0.6) is 5.75 Å². The van der Waals surface area contributed by atoms with Gasteiger partial charge in [-0.1, -0.05) is 55.8 Å². The quantitative estimate of drug-likeness (QED) is 0.348. The summed E-state index contributed by atoms with van der Waals surface area (Å²) in [5.74, 6) is -0.389. The molecule has 3 heteroatoms. The lowest BCUT2D eigenvalue weighted by atomic mass is 9.78. The third-order valence-corrected chi connectivity index (χ3v) is 6.46. The number of allylic oxidation sites excluding steroid dienone is 2. The van der Waals surface area contributed by atoms with Crippen LogP contribution in [-0.4, -0.2) is 6.61 Å². The molecule has 0 spiro atoms. The van der Waals surface area contributed by atoms with Crippen LogP contribution in [0.1, 0.15) is 81.4 Å². The van der Waals surface area contributed by atoms with Crippen molar-refractivity contribution in [3.63, 3.8) is 0 Å². The van der Waals surface area contributed by atoms with Gasteiger partial charge in [0.1, 0.15) is 0 Å². The van der Waals surface area contributed by atoms with Crippen LogP contribution >= 0.6 is 0 Å². The van der Waals surface area contributed by atoms with Crippen molar-refractivity contribution in [3.05, 3.63) is 76.9 Å². The molecule has 31 heavy (non-hydrogen) atoms. The molecule has 0 radical (unpaired) electrons. The second-order valence-corrected chi connectivity index (χ2v) is 8.71. The molecule has 0 atom stereocenters. The molecule has 2 aromatic rings. The number of hydrogen-bond acceptors (Lipinski definition) is 1. The second-order valence-electron chi connectivity index (χ2n) is 8.71. The highest BCUT2D eigenvalue weighted by atomic mass is 19.2.